The fourth-order valence-electron chi connectivity index (χ4n) is 0.887. The van der Waals surface area contributed by atoms with Gasteiger partial charge in [0.2, 0.25) is 0 Å². The van der Waals surface area contributed by atoms with Crippen LogP contribution >= 0.6 is 0 Å². The number of ether oxygens (including phenoxy) is 2. The first-order valence-electron chi connectivity index (χ1n) is 3.44. The van der Waals surface area contributed by atoms with E-state index in [0.717, 1.165) is 0 Å². The molecular weight excluding hydrogens is 148 g/mol. The lowest BCUT2D eigenvalue weighted by atomic mass is 9.92. The molecule has 0 aromatic carbocycles. The van der Waals surface area contributed by atoms with E-state index < -0.39 is 5.41 Å². The normalized spacial score (nSPS) is 12.0. The van der Waals surface area contributed by atoms with E-state index in [1.54, 1.807) is 0 Å². The molecule has 0 aliphatic heterocycles. The summed E-state index contributed by atoms with van der Waals surface area (Å²) in [6, 6.07) is 0. The third-order valence-corrected chi connectivity index (χ3v) is 1.57. The van der Waals surface area contributed by atoms with Gasteiger partial charge < -0.3 is 19.7 Å². The van der Waals surface area contributed by atoms with Crippen molar-refractivity contribution < 1.29 is 19.7 Å². The van der Waals surface area contributed by atoms with E-state index in [0.29, 0.717) is 13.2 Å². The summed E-state index contributed by atoms with van der Waals surface area (Å²) in [6.07, 6.45) is 0. The van der Waals surface area contributed by atoms with Gasteiger partial charge in [0.15, 0.2) is 0 Å². The zero-order valence-electron chi connectivity index (χ0n) is 7.04. The molecule has 0 saturated heterocycles. The van der Waals surface area contributed by atoms with E-state index in [9.17, 15) is 0 Å². The Morgan fingerprint density at radius 1 is 1.00 bits per heavy atom. The monoisotopic (exact) mass is 164 g/mol. The molecule has 0 aromatic rings. The molecule has 0 spiro atoms. The van der Waals surface area contributed by atoms with Crippen molar-refractivity contribution in [2.45, 2.75) is 0 Å². The van der Waals surface area contributed by atoms with E-state index in [4.69, 9.17) is 19.7 Å². The van der Waals surface area contributed by atoms with Crippen molar-refractivity contribution in [3.63, 3.8) is 0 Å². The maximum Gasteiger partial charge on any atom is 0.0632 e. The number of hydrogen-bond acceptors (Lipinski definition) is 4. The molecular formula is C7H16O4. The van der Waals surface area contributed by atoms with E-state index in [1.807, 2.05) is 0 Å². The largest absolute Gasteiger partial charge is 0.396 e. The SMILES string of the molecule is COCC(CO)(CO)COC. The quantitative estimate of drug-likeness (QED) is 0.542. The zero-order chi connectivity index (χ0) is 8.74. The van der Waals surface area contributed by atoms with Crippen LogP contribution < -0.4 is 0 Å². The topological polar surface area (TPSA) is 58.9 Å². The van der Waals surface area contributed by atoms with Gasteiger partial charge in [0.1, 0.15) is 0 Å². The first kappa shape index (κ1) is 10.8. The van der Waals surface area contributed by atoms with E-state index in [1.165, 1.54) is 14.2 Å². The summed E-state index contributed by atoms with van der Waals surface area (Å²) in [6.45, 7) is 0.331. The maximum absolute atomic E-state index is 8.92. The first-order chi connectivity index (χ1) is 5.24. The minimum Gasteiger partial charge on any atom is -0.396 e. The number of hydrogen-bond donors (Lipinski definition) is 2. The molecule has 0 fully saturated rings. The van der Waals surface area contributed by atoms with E-state index >= 15 is 0 Å². The Morgan fingerprint density at radius 3 is 1.55 bits per heavy atom. The van der Waals surface area contributed by atoms with Gasteiger partial charge in [-0.15, -0.1) is 0 Å². The average Bonchev–Trinajstić information content (AvgIpc) is 2.04. The Bertz CT molecular complexity index is 82.4. The van der Waals surface area contributed by atoms with Gasteiger partial charge in [-0.25, -0.2) is 0 Å². The van der Waals surface area contributed by atoms with Gasteiger partial charge in [-0.05, 0) is 0 Å². The second-order valence-electron chi connectivity index (χ2n) is 2.68. The fourth-order valence-corrected chi connectivity index (χ4v) is 0.887. The molecule has 0 atom stereocenters. The molecule has 0 amide bonds. The highest BCUT2D eigenvalue weighted by atomic mass is 16.5. The molecule has 11 heavy (non-hydrogen) atoms. The lowest BCUT2D eigenvalue weighted by Gasteiger charge is -2.27. The summed E-state index contributed by atoms with van der Waals surface area (Å²) in [7, 11) is 3.05. The van der Waals surface area contributed by atoms with Crippen LogP contribution in [0.25, 0.3) is 0 Å². The molecule has 2 N–H and O–H groups in total. The number of rotatable bonds is 6. The van der Waals surface area contributed by atoms with E-state index in [2.05, 4.69) is 0 Å². The molecule has 0 heterocycles. The summed E-state index contributed by atoms with van der Waals surface area (Å²) in [5.74, 6) is 0. The number of methoxy groups -OCH3 is 2. The Balaban J connectivity index is 3.96. The minimum absolute atomic E-state index is 0.134. The maximum atomic E-state index is 8.92. The van der Waals surface area contributed by atoms with Crippen LogP contribution in [0.1, 0.15) is 0 Å². The van der Waals surface area contributed by atoms with Gasteiger partial charge in [0.05, 0.1) is 31.8 Å². The lowest BCUT2D eigenvalue weighted by Crippen LogP contribution is -2.39. The smallest absolute Gasteiger partial charge is 0.0632 e. The molecule has 4 nitrogen and oxygen atoms in total. The summed E-state index contributed by atoms with van der Waals surface area (Å²) < 4.78 is 9.68. The first-order valence-corrected chi connectivity index (χ1v) is 3.44. The third kappa shape index (κ3) is 3.16. The molecule has 0 bridgehead atoms. The molecule has 0 aliphatic carbocycles. The van der Waals surface area contributed by atoms with Crippen molar-refractivity contribution >= 4 is 0 Å². The Kier molecular flexibility index (Phi) is 5.41. The summed E-state index contributed by atoms with van der Waals surface area (Å²) >= 11 is 0. The van der Waals surface area contributed by atoms with Crippen molar-refractivity contribution in [1.82, 2.24) is 0 Å². The van der Waals surface area contributed by atoms with Crippen molar-refractivity contribution in [2.24, 2.45) is 5.41 Å². The standard InChI is InChI=1S/C7H16O4/c1-10-5-7(3-8,4-9)6-11-2/h8-9H,3-6H2,1-2H3. The molecule has 0 aliphatic rings. The third-order valence-electron chi connectivity index (χ3n) is 1.57. The molecule has 0 radical (unpaired) electrons. The molecule has 0 aromatic heterocycles. The van der Waals surface area contributed by atoms with Crippen LogP contribution in [0, 0.1) is 5.41 Å². The highest BCUT2D eigenvalue weighted by molar-refractivity contribution is 4.76. The number of aliphatic hydroxyl groups excluding tert-OH is 2. The average molecular weight is 164 g/mol. The zero-order valence-corrected chi connectivity index (χ0v) is 7.04. The van der Waals surface area contributed by atoms with Gasteiger partial charge in [-0.2, -0.15) is 0 Å². The van der Waals surface area contributed by atoms with Crippen molar-refractivity contribution in [1.29, 1.82) is 0 Å². The highest BCUT2D eigenvalue weighted by Gasteiger charge is 2.28. The van der Waals surface area contributed by atoms with Crippen LogP contribution in [0.5, 0.6) is 0 Å². The van der Waals surface area contributed by atoms with Crippen LogP contribution in [0.4, 0.5) is 0 Å². The van der Waals surface area contributed by atoms with Crippen LogP contribution in [-0.2, 0) is 9.47 Å². The van der Waals surface area contributed by atoms with Crippen molar-refractivity contribution in [2.75, 3.05) is 40.6 Å². The minimum atomic E-state index is -0.649. The van der Waals surface area contributed by atoms with Gasteiger partial charge in [0, 0.05) is 14.2 Å². The molecule has 4 heteroatoms. The predicted molar refractivity (Wildman–Crippen MR) is 40.4 cm³/mol. The van der Waals surface area contributed by atoms with Crippen molar-refractivity contribution in [3.8, 4) is 0 Å². The van der Waals surface area contributed by atoms with Gasteiger partial charge in [0.25, 0.3) is 0 Å². The highest BCUT2D eigenvalue weighted by Crippen LogP contribution is 2.15. The fraction of sp³-hybridized carbons (Fsp3) is 1.00. The molecule has 0 rings (SSSR count). The molecule has 0 saturated carbocycles. The summed E-state index contributed by atoms with van der Waals surface area (Å²) in [4.78, 5) is 0. The van der Waals surface area contributed by atoms with Crippen molar-refractivity contribution in [3.05, 3.63) is 0 Å². The Morgan fingerprint density at radius 2 is 1.36 bits per heavy atom. The van der Waals surface area contributed by atoms with Crippen LogP contribution in [0.2, 0.25) is 0 Å². The molecule has 0 unspecified atom stereocenters. The van der Waals surface area contributed by atoms with Gasteiger partial charge in [-0.3, -0.25) is 0 Å². The van der Waals surface area contributed by atoms with Crippen LogP contribution in [0.15, 0.2) is 0 Å². The van der Waals surface area contributed by atoms with Gasteiger partial charge >= 0.3 is 0 Å². The van der Waals surface area contributed by atoms with Crippen LogP contribution in [0.3, 0.4) is 0 Å². The molecule has 68 valence electrons. The van der Waals surface area contributed by atoms with Crippen LogP contribution in [-0.4, -0.2) is 50.9 Å². The van der Waals surface area contributed by atoms with E-state index in [-0.39, 0.29) is 13.2 Å². The van der Waals surface area contributed by atoms with Gasteiger partial charge in [-0.1, -0.05) is 0 Å². The Hall–Kier alpha value is -0.160. The number of aliphatic hydroxyl groups is 2. The lowest BCUT2D eigenvalue weighted by molar-refractivity contribution is -0.0568. The predicted octanol–water partition coefficient (Wildman–Crippen LogP) is -0.750. The summed E-state index contributed by atoms with van der Waals surface area (Å²) in [5.41, 5.74) is -0.649. The second kappa shape index (κ2) is 5.49. The Labute approximate surface area is 66.7 Å². The second-order valence-corrected chi connectivity index (χ2v) is 2.68. The summed E-state index contributed by atoms with van der Waals surface area (Å²) in [5, 5.41) is 17.8.